The third-order valence-electron chi connectivity index (χ3n) is 6.14. The highest BCUT2D eigenvalue weighted by molar-refractivity contribution is 6.09. The summed E-state index contributed by atoms with van der Waals surface area (Å²) in [7, 11) is 0. The number of para-hydroxylation sites is 1. The number of rotatable bonds is 3. The highest BCUT2D eigenvalue weighted by Crippen LogP contribution is 2.40. The van der Waals surface area contributed by atoms with Gasteiger partial charge in [0.25, 0.3) is 0 Å². The molecule has 1 aliphatic carbocycles. The molecule has 0 radical (unpaired) electrons. The van der Waals surface area contributed by atoms with Crippen molar-refractivity contribution in [3.8, 4) is 11.1 Å². The minimum absolute atomic E-state index is 0.137. The lowest BCUT2D eigenvalue weighted by atomic mass is 9.76. The van der Waals surface area contributed by atoms with E-state index in [9.17, 15) is 0 Å². The van der Waals surface area contributed by atoms with Crippen molar-refractivity contribution >= 4 is 21.8 Å². The second-order valence-corrected chi connectivity index (χ2v) is 8.32. The molecule has 138 valence electrons. The monoisotopic (exact) mass is 363 g/mol. The Bertz CT molecular complexity index is 1240. The Morgan fingerprint density at radius 1 is 0.857 bits per heavy atom. The first kappa shape index (κ1) is 17.1. The van der Waals surface area contributed by atoms with Gasteiger partial charge in [-0.1, -0.05) is 85.8 Å². The molecule has 0 spiro atoms. The zero-order valence-electron chi connectivity index (χ0n) is 16.5. The molecule has 1 N–H and O–H groups in total. The van der Waals surface area contributed by atoms with Crippen LogP contribution < -0.4 is 0 Å². The Morgan fingerprint density at radius 2 is 1.68 bits per heavy atom. The number of hydrogen-bond donors (Lipinski definition) is 1. The minimum atomic E-state index is 0.137. The molecule has 0 saturated heterocycles. The number of hydrogen-bond acceptors (Lipinski definition) is 0. The van der Waals surface area contributed by atoms with Gasteiger partial charge < -0.3 is 4.98 Å². The number of aryl methyl sites for hydroxylation is 1. The molecule has 0 aliphatic heterocycles. The van der Waals surface area contributed by atoms with Crippen LogP contribution in [-0.2, 0) is 6.42 Å². The zero-order valence-corrected chi connectivity index (χ0v) is 16.5. The summed E-state index contributed by atoms with van der Waals surface area (Å²) >= 11 is 0. The summed E-state index contributed by atoms with van der Waals surface area (Å²) in [5.74, 6) is 0. The minimum Gasteiger partial charge on any atom is -0.354 e. The number of aromatic nitrogens is 1. The van der Waals surface area contributed by atoms with E-state index in [1.54, 1.807) is 0 Å². The van der Waals surface area contributed by atoms with Crippen LogP contribution in [0.15, 0.2) is 85.0 Å². The zero-order chi connectivity index (χ0) is 19.1. The summed E-state index contributed by atoms with van der Waals surface area (Å²) in [5.41, 5.74) is 8.06. The van der Waals surface area contributed by atoms with Crippen LogP contribution in [0.5, 0.6) is 0 Å². The summed E-state index contributed by atoms with van der Waals surface area (Å²) in [4.78, 5) is 3.74. The van der Waals surface area contributed by atoms with Gasteiger partial charge in [-0.3, -0.25) is 0 Å². The Hall–Kier alpha value is -3.06. The van der Waals surface area contributed by atoms with E-state index < -0.39 is 0 Å². The van der Waals surface area contributed by atoms with Gasteiger partial charge in [0.15, 0.2) is 0 Å². The van der Waals surface area contributed by atoms with Gasteiger partial charge in [-0.15, -0.1) is 0 Å². The smallest absolute Gasteiger partial charge is 0.0503 e. The summed E-state index contributed by atoms with van der Waals surface area (Å²) in [6.45, 7) is 4.58. The molecule has 1 heteroatoms. The number of benzene rings is 3. The number of nitrogens with one attached hydrogen (secondary N) is 1. The van der Waals surface area contributed by atoms with Gasteiger partial charge >= 0.3 is 0 Å². The SMILES string of the molecule is Cc1ccccc1-c1ccc2c([nH]c3ccccc32)c1CC1(C)C=CC=CC1. The molecule has 0 bridgehead atoms. The molecule has 3 aromatic carbocycles. The van der Waals surface area contributed by atoms with Crippen molar-refractivity contribution in [2.45, 2.75) is 26.7 Å². The molecule has 0 saturated carbocycles. The van der Waals surface area contributed by atoms with E-state index in [2.05, 4.69) is 104 Å². The summed E-state index contributed by atoms with van der Waals surface area (Å²) in [6, 6.07) is 22.0. The van der Waals surface area contributed by atoms with E-state index in [-0.39, 0.29) is 5.41 Å². The van der Waals surface area contributed by atoms with Gasteiger partial charge in [0, 0.05) is 16.3 Å². The van der Waals surface area contributed by atoms with Gasteiger partial charge in [-0.25, -0.2) is 0 Å². The summed E-state index contributed by atoms with van der Waals surface area (Å²) in [6.07, 6.45) is 11.1. The Kier molecular flexibility index (Phi) is 3.98. The van der Waals surface area contributed by atoms with Crippen molar-refractivity contribution in [3.05, 3.63) is 96.1 Å². The van der Waals surface area contributed by atoms with Crippen LogP contribution >= 0.6 is 0 Å². The molecule has 1 aromatic heterocycles. The predicted molar refractivity (Wildman–Crippen MR) is 121 cm³/mol. The normalized spacial score (nSPS) is 18.9. The first-order valence-electron chi connectivity index (χ1n) is 10.1. The fraction of sp³-hybridized carbons (Fsp3) is 0.185. The van der Waals surface area contributed by atoms with Gasteiger partial charge in [-0.05, 0) is 53.5 Å². The average molecular weight is 364 g/mol. The Balaban J connectivity index is 1.79. The number of allylic oxidation sites excluding steroid dienone is 4. The van der Waals surface area contributed by atoms with Crippen molar-refractivity contribution < 1.29 is 0 Å². The van der Waals surface area contributed by atoms with Crippen LogP contribution in [0, 0.1) is 12.3 Å². The fourth-order valence-electron chi connectivity index (χ4n) is 4.59. The lowest BCUT2D eigenvalue weighted by Gasteiger charge is -2.28. The molecule has 1 unspecified atom stereocenters. The largest absolute Gasteiger partial charge is 0.354 e. The molecule has 0 amide bonds. The van der Waals surface area contributed by atoms with Crippen LogP contribution in [0.3, 0.4) is 0 Å². The number of fused-ring (bicyclic) bond motifs is 3. The van der Waals surface area contributed by atoms with E-state index in [1.165, 1.54) is 44.1 Å². The van der Waals surface area contributed by atoms with E-state index in [0.29, 0.717) is 0 Å². The average Bonchev–Trinajstić information content (AvgIpc) is 3.09. The van der Waals surface area contributed by atoms with Crippen molar-refractivity contribution in [2.24, 2.45) is 5.41 Å². The van der Waals surface area contributed by atoms with E-state index in [1.807, 2.05) is 0 Å². The third-order valence-corrected chi connectivity index (χ3v) is 6.14. The second-order valence-electron chi connectivity index (χ2n) is 8.32. The maximum atomic E-state index is 3.74. The topological polar surface area (TPSA) is 15.8 Å². The van der Waals surface area contributed by atoms with E-state index in [0.717, 1.165) is 12.8 Å². The molecule has 28 heavy (non-hydrogen) atoms. The van der Waals surface area contributed by atoms with Crippen molar-refractivity contribution in [3.63, 3.8) is 0 Å². The molecular weight excluding hydrogens is 338 g/mol. The standard InChI is InChI=1S/C27H25N/c1-19-10-4-5-11-20(19)21-14-15-23-22-12-6-7-13-25(22)28-26(23)24(21)18-27(2)16-8-3-9-17-27/h3-16,28H,17-18H2,1-2H3. The lowest BCUT2D eigenvalue weighted by Crippen LogP contribution is -2.18. The first-order chi connectivity index (χ1) is 13.6. The van der Waals surface area contributed by atoms with E-state index in [4.69, 9.17) is 0 Å². The summed E-state index contributed by atoms with van der Waals surface area (Å²) < 4.78 is 0. The molecule has 1 nitrogen and oxygen atoms in total. The third kappa shape index (κ3) is 2.79. The van der Waals surface area contributed by atoms with Crippen molar-refractivity contribution in [1.82, 2.24) is 4.98 Å². The molecule has 5 rings (SSSR count). The molecule has 1 atom stereocenters. The maximum Gasteiger partial charge on any atom is 0.0503 e. The van der Waals surface area contributed by atoms with Crippen molar-refractivity contribution in [2.75, 3.05) is 0 Å². The molecule has 4 aromatic rings. The molecule has 1 aliphatic rings. The van der Waals surface area contributed by atoms with Crippen molar-refractivity contribution in [1.29, 1.82) is 0 Å². The van der Waals surface area contributed by atoms with Crippen LogP contribution in [0.1, 0.15) is 24.5 Å². The Labute approximate surface area is 166 Å². The van der Waals surface area contributed by atoms with Gasteiger partial charge in [0.05, 0.1) is 5.52 Å². The number of H-pyrrole nitrogens is 1. The highest BCUT2D eigenvalue weighted by atomic mass is 14.7. The van der Waals surface area contributed by atoms with Gasteiger partial charge in [-0.2, -0.15) is 0 Å². The molecule has 0 fully saturated rings. The van der Waals surface area contributed by atoms with Gasteiger partial charge in [0.2, 0.25) is 0 Å². The maximum absolute atomic E-state index is 3.74. The van der Waals surface area contributed by atoms with Crippen LogP contribution in [0.4, 0.5) is 0 Å². The predicted octanol–water partition coefficient (Wildman–Crippen LogP) is 7.36. The summed E-state index contributed by atoms with van der Waals surface area (Å²) in [5, 5.41) is 2.63. The fourth-order valence-corrected chi connectivity index (χ4v) is 4.59. The van der Waals surface area contributed by atoms with Crippen LogP contribution in [-0.4, -0.2) is 4.98 Å². The first-order valence-corrected chi connectivity index (χ1v) is 10.1. The quantitative estimate of drug-likeness (QED) is 0.391. The van der Waals surface area contributed by atoms with Crippen LogP contribution in [0.2, 0.25) is 0 Å². The van der Waals surface area contributed by atoms with Gasteiger partial charge in [0.1, 0.15) is 0 Å². The highest BCUT2D eigenvalue weighted by Gasteiger charge is 2.25. The number of aromatic amines is 1. The van der Waals surface area contributed by atoms with Crippen LogP contribution in [0.25, 0.3) is 32.9 Å². The Morgan fingerprint density at radius 3 is 2.50 bits per heavy atom. The molecular formula is C27H25N. The van der Waals surface area contributed by atoms with E-state index >= 15 is 0 Å². The second kappa shape index (κ2) is 6.53. The molecule has 1 heterocycles. The lowest BCUT2D eigenvalue weighted by molar-refractivity contribution is 0.428.